The van der Waals surface area contributed by atoms with Crippen molar-refractivity contribution in [2.45, 2.75) is 18.3 Å². The number of aliphatic hydroxyl groups is 1. The van der Waals surface area contributed by atoms with Crippen LogP contribution in [0.3, 0.4) is 0 Å². The van der Waals surface area contributed by atoms with Gasteiger partial charge in [-0.05, 0) is 0 Å². The number of ether oxygens (including phenoxy) is 4. The topological polar surface area (TPSA) is 57.2 Å². The van der Waals surface area contributed by atoms with Gasteiger partial charge in [-0.2, -0.15) is 0 Å². The average Bonchev–Trinajstić information content (AvgIpc) is 2.21. The van der Waals surface area contributed by atoms with Crippen LogP contribution in [0.2, 0.25) is 0 Å². The van der Waals surface area contributed by atoms with Gasteiger partial charge in [-0.25, -0.2) is 0 Å². The molecule has 0 aliphatic heterocycles. The maximum atomic E-state index is 9.82. The van der Waals surface area contributed by atoms with Gasteiger partial charge in [0.1, 0.15) is 18.3 Å². The molecule has 2 atom stereocenters. The van der Waals surface area contributed by atoms with E-state index in [-0.39, 0.29) is 0 Å². The summed E-state index contributed by atoms with van der Waals surface area (Å²) in [5.74, 6) is 0. The smallest absolute Gasteiger partial charge is 0.111 e. The molecule has 0 radical (unpaired) electrons. The summed E-state index contributed by atoms with van der Waals surface area (Å²) < 4.78 is 20.0. The van der Waals surface area contributed by atoms with E-state index in [1.165, 1.54) is 14.2 Å². The van der Waals surface area contributed by atoms with Gasteiger partial charge in [-0.3, -0.25) is 0 Å². The van der Waals surface area contributed by atoms with Gasteiger partial charge in [0.2, 0.25) is 0 Å². The lowest BCUT2D eigenvalue weighted by Gasteiger charge is -2.27. The summed E-state index contributed by atoms with van der Waals surface area (Å²) in [7, 11) is 6.15. The first-order valence-electron chi connectivity index (χ1n) is 4.42. The van der Waals surface area contributed by atoms with Crippen molar-refractivity contribution < 1.29 is 24.1 Å². The minimum absolute atomic E-state index is 0.321. The minimum atomic E-state index is -0.759. The van der Waals surface area contributed by atoms with Gasteiger partial charge in [0, 0.05) is 28.4 Å². The van der Waals surface area contributed by atoms with Crippen LogP contribution in [0.1, 0.15) is 0 Å². The molecular formula is C9H20O5. The third-order valence-electron chi connectivity index (χ3n) is 2.03. The molecule has 0 fully saturated rings. The number of hydrogen-bond acceptors (Lipinski definition) is 5. The first kappa shape index (κ1) is 13.8. The van der Waals surface area contributed by atoms with E-state index in [0.29, 0.717) is 13.2 Å². The quantitative estimate of drug-likeness (QED) is 0.592. The minimum Gasteiger partial charge on any atom is -0.388 e. The van der Waals surface area contributed by atoms with Gasteiger partial charge in [0.25, 0.3) is 0 Å². The molecule has 14 heavy (non-hydrogen) atoms. The van der Waals surface area contributed by atoms with E-state index < -0.39 is 18.3 Å². The first-order chi connectivity index (χ1) is 6.71. The molecule has 0 saturated carbocycles. The third-order valence-corrected chi connectivity index (χ3v) is 2.03. The fourth-order valence-electron chi connectivity index (χ4n) is 1.18. The van der Waals surface area contributed by atoms with Crippen LogP contribution in [0.5, 0.6) is 0 Å². The Hall–Kier alpha value is -0.200. The van der Waals surface area contributed by atoms with Crippen molar-refractivity contribution in [2.24, 2.45) is 0 Å². The fraction of sp³-hybridized carbons (Fsp3) is 1.00. The zero-order chi connectivity index (χ0) is 11.0. The second-order valence-electron chi connectivity index (χ2n) is 2.95. The maximum Gasteiger partial charge on any atom is 0.111 e. The predicted octanol–water partition coefficient (Wildman–Crippen LogP) is -0.330. The highest BCUT2D eigenvalue weighted by Crippen LogP contribution is 2.07. The Balaban J connectivity index is 4.13. The summed E-state index contributed by atoms with van der Waals surface area (Å²) in [6.07, 6.45) is -1.56. The van der Waals surface area contributed by atoms with E-state index in [9.17, 15) is 5.11 Å². The van der Waals surface area contributed by atoms with Crippen LogP contribution in [0.25, 0.3) is 0 Å². The molecule has 5 nitrogen and oxygen atoms in total. The molecule has 0 unspecified atom stereocenters. The van der Waals surface area contributed by atoms with Crippen molar-refractivity contribution in [1.29, 1.82) is 0 Å². The summed E-state index contributed by atoms with van der Waals surface area (Å²) in [4.78, 5) is 0. The van der Waals surface area contributed by atoms with Crippen molar-refractivity contribution in [2.75, 3.05) is 41.7 Å². The Bertz CT molecular complexity index is 116. The maximum absolute atomic E-state index is 9.82. The van der Waals surface area contributed by atoms with E-state index in [4.69, 9.17) is 18.9 Å². The van der Waals surface area contributed by atoms with Crippen molar-refractivity contribution in [1.82, 2.24) is 0 Å². The van der Waals surface area contributed by atoms with E-state index in [1.54, 1.807) is 14.2 Å². The van der Waals surface area contributed by atoms with E-state index in [1.807, 2.05) is 0 Å². The molecule has 0 bridgehead atoms. The molecule has 0 rings (SSSR count). The molecule has 0 amide bonds. The van der Waals surface area contributed by atoms with Crippen LogP contribution in [-0.4, -0.2) is 65.1 Å². The fourth-order valence-corrected chi connectivity index (χ4v) is 1.18. The van der Waals surface area contributed by atoms with Gasteiger partial charge in [0.05, 0.1) is 13.2 Å². The van der Waals surface area contributed by atoms with Crippen molar-refractivity contribution in [3.63, 3.8) is 0 Å². The van der Waals surface area contributed by atoms with Gasteiger partial charge in [0.15, 0.2) is 0 Å². The van der Waals surface area contributed by atoms with Crippen LogP contribution < -0.4 is 0 Å². The standard InChI is InChI=1S/C9H20O5/c1-11-5-7(13-3)9(10)8(14-4)6-12-2/h7-10H,5-6H2,1-4H3/t7-,8-/m1/s1. The normalized spacial score (nSPS) is 15.9. The number of aliphatic hydroxyl groups excluding tert-OH is 1. The van der Waals surface area contributed by atoms with Crippen LogP contribution in [0, 0.1) is 0 Å². The Labute approximate surface area is 84.9 Å². The highest BCUT2D eigenvalue weighted by atomic mass is 16.6. The highest BCUT2D eigenvalue weighted by Gasteiger charge is 2.27. The second-order valence-corrected chi connectivity index (χ2v) is 2.95. The summed E-state index contributed by atoms with van der Waals surface area (Å²) in [6.45, 7) is 0.641. The summed E-state index contributed by atoms with van der Waals surface area (Å²) in [5.41, 5.74) is 0. The molecule has 0 spiro atoms. The Morgan fingerprint density at radius 1 is 0.857 bits per heavy atom. The largest absolute Gasteiger partial charge is 0.388 e. The van der Waals surface area contributed by atoms with E-state index in [0.717, 1.165) is 0 Å². The predicted molar refractivity (Wildman–Crippen MR) is 51.4 cm³/mol. The molecule has 0 heterocycles. The van der Waals surface area contributed by atoms with E-state index in [2.05, 4.69) is 0 Å². The Morgan fingerprint density at radius 2 is 1.21 bits per heavy atom. The second kappa shape index (κ2) is 8.14. The lowest BCUT2D eigenvalue weighted by atomic mass is 10.1. The zero-order valence-electron chi connectivity index (χ0n) is 9.23. The SMILES string of the molecule is COC[C@@H](OC)C(O)[C@@H](COC)OC. The molecule has 0 aliphatic rings. The average molecular weight is 208 g/mol. The monoisotopic (exact) mass is 208 g/mol. The molecule has 0 aromatic heterocycles. The van der Waals surface area contributed by atoms with Crippen molar-refractivity contribution >= 4 is 0 Å². The summed E-state index contributed by atoms with van der Waals surface area (Å²) in [5, 5.41) is 9.82. The molecule has 0 aliphatic carbocycles. The molecule has 0 aromatic rings. The van der Waals surface area contributed by atoms with Gasteiger partial charge in [-0.15, -0.1) is 0 Å². The number of rotatable bonds is 8. The lowest BCUT2D eigenvalue weighted by Crippen LogP contribution is -2.44. The van der Waals surface area contributed by atoms with Crippen LogP contribution in [0.4, 0.5) is 0 Å². The van der Waals surface area contributed by atoms with Gasteiger partial charge >= 0.3 is 0 Å². The molecule has 1 N–H and O–H groups in total. The lowest BCUT2D eigenvalue weighted by molar-refractivity contribution is -0.123. The summed E-state index contributed by atoms with van der Waals surface area (Å²) >= 11 is 0. The van der Waals surface area contributed by atoms with Gasteiger partial charge < -0.3 is 24.1 Å². The third kappa shape index (κ3) is 4.34. The number of hydrogen-bond donors (Lipinski definition) is 1. The van der Waals surface area contributed by atoms with Crippen LogP contribution in [-0.2, 0) is 18.9 Å². The van der Waals surface area contributed by atoms with Crippen LogP contribution in [0.15, 0.2) is 0 Å². The van der Waals surface area contributed by atoms with Crippen molar-refractivity contribution in [3.05, 3.63) is 0 Å². The molecule has 86 valence electrons. The molecule has 0 saturated heterocycles. The highest BCUT2D eigenvalue weighted by molar-refractivity contribution is 4.77. The summed E-state index contributed by atoms with van der Waals surface area (Å²) in [6, 6.07) is 0. The molecule has 0 aromatic carbocycles. The van der Waals surface area contributed by atoms with Crippen molar-refractivity contribution in [3.8, 4) is 0 Å². The van der Waals surface area contributed by atoms with E-state index >= 15 is 0 Å². The Kier molecular flexibility index (Phi) is 8.02. The number of methoxy groups -OCH3 is 4. The van der Waals surface area contributed by atoms with Gasteiger partial charge in [-0.1, -0.05) is 0 Å². The molecule has 5 heteroatoms. The first-order valence-corrected chi connectivity index (χ1v) is 4.42. The Morgan fingerprint density at radius 3 is 1.43 bits per heavy atom. The molecular weight excluding hydrogens is 188 g/mol. The van der Waals surface area contributed by atoms with Crippen LogP contribution >= 0.6 is 0 Å². The zero-order valence-corrected chi connectivity index (χ0v) is 9.23.